The molecule has 2 atom stereocenters. The molecule has 1 saturated carbocycles. The number of aromatic nitrogens is 1. The zero-order valence-electron chi connectivity index (χ0n) is 18.9. The van der Waals surface area contributed by atoms with Gasteiger partial charge in [0.05, 0.1) is 13.7 Å². The molecule has 0 spiro atoms. The lowest BCUT2D eigenvalue weighted by Crippen LogP contribution is -2.26. The number of nitrogens with zero attached hydrogens (tertiary/aromatic N) is 1. The number of amides is 1. The molecule has 4 N–H and O–H groups in total. The van der Waals surface area contributed by atoms with Crippen molar-refractivity contribution in [1.29, 1.82) is 0 Å². The predicted molar refractivity (Wildman–Crippen MR) is 125 cm³/mol. The third-order valence-electron chi connectivity index (χ3n) is 5.80. The molecule has 1 heterocycles. The van der Waals surface area contributed by atoms with Gasteiger partial charge >= 0.3 is 5.97 Å². The lowest BCUT2D eigenvalue weighted by molar-refractivity contribution is -0.122. The Labute approximate surface area is 200 Å². The van der Waals surface area contributed by atoms with E-state index in [-0.39, 0.29) is 41.0 Å². The van der Waals surface area contributed by atoms with Gasteiger partial charge in [0.15, 0.2) is 0 Å². The summed E-state index contributed by atoms with van der Waals surface area (Å²) in [6, 6.07) is 11.8. The number of anilines is 2. The van der Waals surface area contributed by atoms with Gasteiger partial charge in [0.2, 0.25) is 5.91 Å². The van der Waals surface area contributed by atoms with Crippen LogP contribution in [0.15, 0.2) is 54.7 Å². The molecule has 0 aliphatic heterocycles. The number of halogens is 2. The molecule has 1 aromatic heterocycles. The van der Waals surface area contributed by atoms with Gasteiger partial charge in [-0.25, -0.2) is 18.6 Å². The van der Waals surface area contributed by atoms with Gasteiger partial charge in [-0.2, -0.15) is 0 Å². The van der Waals surface area contributed by atoms with Gasteiger partial charge in [-0.05, 0) is 47.7 Å². The summed E-state index contributed by atoms with van der Waals surface area (Å²) in [5, 5.41) is 2.74. The van der Waals surface area contributed by atoms with E-state index in [2.05, 4.69) is 20.5 Å². The number of carbonyl (C=O) groups is 2. The number of nitrogens with one attached hydrogen (secondary N) is 2. The number of methoxy groups -OCH3 is 1. The molecule has 0 bridgehead atoms. The van der Waals surface area contributed by atoms with Crippen molar-refractivity contribution < 1.29 is 27.9 Å². The maximum absolute atomic E-state index is 14.8. The summed E-state index contributed by atoms with van der Waals surface area (Å²) in [6.07, 6.45) is 2.23. The first-order chi connectivity index (χ1) is 16.9. The van der Waals surface area contributed by atoms with E-state index in [1.54, 1.807) is 24.4 Å². The fourth-order valence-corrected chi connectivity index (χ4v) is 3.73. The summed E-state index contributed by atoms with van der Waals surface area (Å²) in [7, 11) is 1.15. The van der Waals surface area contributed by atoms with E-state index in [0.717, 1.165) is 13.2 Å². The van der Waals surface area contributed by atoms with Crippen molar-refractivity contribution in [3.05, 3.63) is 77.5 Å². The molecule has 0 saturated heterocycles. The van der Waals surface area contributed by atoms with Crippen LogP contribution < -0.4 is 16.5 Å². The molecule has 1 aliphatic carbocycles. The molecule has 3 aromatic rings. The Morgan fingerprint density at radius 2 is 1.97 bits per heavy atom. The van der Waals surface area contributed by atoms with E-state index in [1.165, 1.54) is 24.3 Å². The summed E-state index contributed by atoms with van der Waals surface area (Å²) < 4.78 is 33.6. The minimum Gasteiger partial charge on any atom is -0.465 e. The van der Waals surface area contributed by atoms with E-state index in [1.807, 2.05) is 0 Å². The van der Waals surface area contributed by atoms with Gasteiger partial charge in [-0.3, -0.25) is 15.1 Å². The molecular formula is C25H24F2N4O4. The number of rotatable bonds is 9. The van der Waals surface area contributed by atoms with Gasteiger partial charge in [-0.15, -0.1) is 0 Å². The Kier molecular flexibility index (Phi) is 7.21. The molecule has 2 aromatic carbocycles. The van der Waals surface area contributed by atoms with Crippen LogP contribution in [0.3, 0.4) is 0 Å². The van der Waals surface area contributed by atoms with Crippen molar-refractivity contribution in [1.82, 2.24) is 10.3 Å². The Morgan fingerprint density at radius 1 is 1.14 bits per heavy atom. The third kappa shape index (κ3) is 5.55. The number of nitrogens with two attached hydrogens (primary N) is 1. The number of hydrogen-bond acceptors (Lipinski definition) is 7. The minimum atomic E-state index is -0.850. The molecule has 1 amide bonds. The Morgan fingerprint density at radius 3 is 2.71 bits per heavy atom. The fraction of sp³-hybridized carbons (Fsp3) is 0.240. The van der Waals surface area contributed by atoms with Gasteiger partial charge in [0.1, 0.15) is 28.7 Å². The number of hydrogen-bond donors (Lipinski definition) is 3. The van der Waals surface area contributed by atoms with Crippen LogP contribution in [0.1, 0.15) is 22.3 Å². The monoisotopic (exact) mass is 482 g/mol. The average Bonchev–Trinajstić information content (AvgIpc) is 3.63. The van der Waals surface area contributed by atoms with Crippen LogP contribution in [-0.2, 0) is 20.9 Å². The third-order valence-corrected chi connectivity index (χ3v) is 5.80. The van der Waals surface area contributed by atoms with Crippen molar-refractivity contribution in [2.75, 3.05) is 24.9 Å². The fourth-order valence-electron chi connectivity index (χ4n) is 3.73. The van der Waals surface area contributed by atoms with E-state index >= 15 is 0 Å². The molecule has 0 radical (unpaired) electrons. The van der Waals surface area contributed by atoms with Crippen LogP contribution >= 0.6 is 0 Å². The SMILES string of the molecule is COC(=O)c1c(F)cccc1-c1ccc(CNC(=O)C2CC2CONc2cccnc2N)c(F)c1. The highest BCUT2D eigenvalue weighted by atomic mass is 19.1. The minimum absolute atomic E-state index is 0.00744. The molecule has 4 rings (SSSR count). The normalized spacial score (nSPS) is 16.4. The first-order valence-corrected chi connectivity index (χ1v) is 10.9. The Bertz CT molecular complexity index is 1250. The number of esters is 1. The number of carbonyl (C=O) groups excluding carboxylic acids is 2. The Hall–Kier alpha value is -4.05. The first kappa shape index (κ1) is 24.1. The average molecular weight is 482 g/mol. The molecule has 1 aliphatic rings. The van der Waals surface area contributed by atoms with Crippen molar-refractivity contribution in [3.63, 3.8) is 0 Å². The summed E-state index contributed by atoms with van der Waals surface area (Å²) in [5.41, 5.74) is 9.53. The second kappa shape index (κ2) is 10.5. The number of ether oxygens (including phenoxy) is 1. The second-order valence-corrected chi connectivity index (χ2v) is 8.13. The highest BCUT2D eigenvalue weighted by Gasteiger charge is 2.43. The van der Waals surface area contributed by atoms with Gasteiger partial charge in [-0.1, -0.05) is 24.3 Å². The zero-order valence-corrected chi connectivity index (χ0v) is 18.9. The number of pyridine rings is 1. The van der Waals surface area contributed by atoms with Crippen molar-refractivity contribution in [3.8, 4) is 11.1 Å². The van der Waals surface area contributed by atoms with Gasteiger partial charge in [0, 0.05) is 24.2 Å². The van der Waals surface area contributed by atoms with Crippen LogP contribution in [0.4, 0.5) is 20.3 Å². The summed E-state index contributed by atoms with van der Waals surface area (Å²) in [6.45, 7) is 0.304. The molecule has 8 nitrogen and oxygen atoms in total. The predicted octanol–water partition coefficient (Wildman–Crippen LogP) is 3.69. The molecular weight excluding hydrogens is 458 g/mol. The first-order valence-electron chi connectivity index (χ1n) is 10.9. The molecule has 35 heavy (non-hydrogen) atoms. The van der Waals surface area contributed by atoms with E-state index in [0.29, 0.717) is 30.1 Å². The maximum atomic E-state index is 14.8. The van der Waals surface area contributed by atoms with Crippen molar-refractivity contribution in [2.24, 2.45) is 11.8 Å². The van der Waals surface area contributed by atoms with E-state index in [9.17, 15) is 18.4 Å². The smallest absolute Gasteiger partial charge is 0.341 e. The summed E-state index contributed by atoms with van der Waals surface area (Å²) in [4.78, 5) is 33.8. The quantitative estimate of drug-likeness (QED) is 0.315. The summed E-state index contributed by atoms with van der Waals surface area (Å²) in [5.74, 6) is -2.26. The maximum Gasteiger partial charge on any atom is 0.341 e. The largest absolute Gasteiger partial charge is 0.465 e. The lowest BCUT2D eigenvalue weighted by Gasteiger charge is -2.11. The number of nitrogen functional groups attached to an aromatic ring is 1. The van der Waals surface area contributed by atoms with Crippen LogP contribution in [0, 0.1) is 23.5 Å². The van der Waals surface area contributed by atoms with E-state index in [4.69, 9.17) is 10.6 Å². The van der Waals surface area contributed by atoms with Crippen LogP contribution in [0.5, 0.6) is 0 Å². The molecule has 10 heteroatoms. The van der Waals surface area contributed by atoms with E-state index < -0.39 is 17.6 Å². The number of benzene rings is 2. The van der Waals surface area contributed by atoms with Gasteiger partial charge < -0.3 is 15.8 Å². The zero-order chi connectivity index (χ0) is 24.9. The van der Waals surface area contributed by atoms with Gasteiger partial charge in [0.25, 0.3) is 0 Å². The topological polar surface area (TPSA) is 116 Å². The highest BCUT2D eigenvalue weighted by molar-refractivity contribution is 5.97. The molecule has 2 unspecified atom stereocenters. The lowest BCUT2D eigenvalue weighted by atomic mass is 9.98. The standard InChI is InChI=1S/C25H24F2N4O4/c1-34-25(33)22-17(4-2-5-19(22)26)14-7-8-15(20(27)11-14)12-30-24(32)18-10-16(18)13-35-31-21-6-3-9-29-23(21)28/h2-9,11,16,18,31H,10,12-13H2,1H3,(H2,28,29)(H,30,32). The summed E-state index contributed by atoms with van der Waals surface area (Å²) >= 11 is 0. The van der Waals surface area contributed by atoms with Crippen molar-refractivity contribution >= 4 is 23.4 Å². The Balaban J connectivity index is 1.31. The van der Waals surface area contributed by atoms with Crippen LogP contribution in [0.2, 0.25) is 0 Å². The highest BCUT2D eigenvalue weighted by Crippen LogP contribution is 2.39. The van der Waals surface area contributed by atoms with Crippen LogP contribution in [0.25, 0.3) is 11.1 Å². The molecule has 1 fully saturated rings. The van der Waals surface area contributed by atoms with Crippen molar-refractivity contribution in [2.45, 2.75) is 13.0 Å². The second-order valence-electron chi connectivity index (χ2n) is 8.13. The molecule has 182 valence electrons. The van der Waals surface area contributed by atoms with Crippen LogP contribution in [-0.4, -0.2) is 30.6 Å².